The smallest absolute Gasteiger partial charge is 0.236 e. The molecule has 1 aliphatic carbocycles. The van der Waals surface area contributed by atoms with Gasteiger partial charge in [0.05, 0.1) is 21.3 Å². The molecule has 0 radical (unpaired) electrons. The predicted molar refractivity (Wildman–Crippen MR) is 133 cm³/mol. The fourth-order valence-corrected chi connectivity index (χ4v) is 6.09. The van der Waals surface area contributed by atoms with Gasteiger partial charge < -0.3 is 33.7 Å². The van der Waals surface area contributed by atoms with Gasteiger partial charge in [0.15, 0.2) is 17.2 Å². The number of allylic oxidation sites excluding steroid dienone is 1. The highest BCUT2D eigenvalue weighted by Gasteiger charge is 2.63. The maximum atomic E-state index is 14.5. The number of methoxy groups -OCH3 is 3. The average molecular weight is 542 g/mol. The van der Waals surface area contributed by atoms with Crippen LogP contribution in [0.4, 0.5) is 0 Å². The summed E-state index contributed by atoms with van der Waals surface area (Å²) in [6, 6.07) is 4.94. The van der Waals surface area contributed by atoms with Gasteiger partial charge in [-0.15, -0.1) is 0 Å². The Balaban J connectivity index is 1.50. The molecule has 0 aromatic heterocycles. The summed E-state index contributed by atoms with van der Waals surface area (Å²) in [7, 11) is 4.34. The third-order valence-electron chi connectivity index (χ3n) is 7.64. The van der Waals surface area contributed by atoms with E-state index in [4.69, 9.17) is 40.0 Å². The van der Waals surface area contributed by atoms with E-state index in [0.29, 0.717) is 34.1 Å². The van der Waals surface area contributed by atoms with Crippen LogP contribution in [0, 0.1) is 5.92 Å². The Kier molecular flexibility index (Phi) is 5.50. The predicted octanol–water partition coefficient (Wildman–Crippen LogP) is 3.58. The van der Waals surface area contributed by atoms with E-state index in [2.05, 4.69) is 5.32 Å². The second-order valence-corrected chi connectivity index (χ2v) is 9.93. The van der Waals surface area contributed by atoms with E-state index in [-0.39, 0.29) is 53.4 Å². The Morgan fingerprint density at radius 2 is 1.66 bits per heavy atom. The number of hydrogen-bond acceptors (Lipinski definition) is 9. The van der Waals surface area contributed by atoms with Gasteiger partial charge in [0.25, 0.3) is 0 Å². The minimum absolute atomic E-state index is 0.0170. The van der Waals surface area contributed by atoms with Crippen molar-refractivity contribution in [1.29, 1.82) is 0 Å². The maximum absolute atomic E-state index is 14.5. The molecule has 6 rings (SSSR count). The molecule has 1 spiro atoms. The number of nitrogens with one attached hydrogen (secondary N) is 1. The number of benzene rings is 2. The molecule has 198 valence electrons. The minimum atomic E-state index is -1.88. The van der Waals surface area contributed by atoms with Crippen LogP contribution in [0.5, 0.6) is 34.5 Å². The molecular formula is C27H24ClNO9. The van der Waals surface area contributed by atoms with E-state index in [1.165, 1.54) is 27.4 Å². The zero-order valence-corrected chi connectivity index (χ0v) is 21.8. The van der Waals surface area contributed by atoms with Crippen LogP contribution < -0.4 is 33.7 Å². The monoisotopic (exact) mass is 541 g/mol. The van der Waals surface area contributed by atoms with E-state index in [1.807, 2.05) is 0 Å². The Morgan fingerprint density at radius 3 is 2.37 bits per heavy atom. The first-order valence-electron chi connectivity index (χ1n) is 12.0. The van der Waals surface area contributed by atoms with Crippen molar-refractivity contribution in [3.63, 3.8) is 0 Å². The summed E-state index contributed by atoms with van der Waals surface area (Å²) < 4.78 is 33.6. The SMILES string of the molecule is COc1cc(OC)c2c(c1Cl)O[C@@]1(C(=O)C3=C(C[C@H]1C)NC(=O)C[C@@H]3c1cc(OC)c3c(c1)OCO3)C2=O. The number of carbonyl (C=O) groups is 3. The van der Waals surface area contributed by atoms with Gasteiger partial charge in [0.1, 0.15) is 22.1 Å². The van der Waals surface area contributed by atoms with Crippen LogP contribution in [0.1, 0.15) is 41.6 Å². The lowest BCUT2D eigenvalue weighted by Gasteiger charge is -2.41. The van der Waals surface area contributed by atoms with Gasteiger partial charge in [0.2, 0.25) is 35.6 Å². The van der Waals surface area contributed by atoms with Crippen LogP contribution in [0.25, 0.3) is 0 Å². The summed E-state index contributed by atoms with van der Waals surface area (Å²) in [6.07, 6.45) is 0.207. The lowest BCUT2D eigenvalue weighted by atomic mass is 9.66. The standard InChI is InChI=1S/C27H24ClNO9/c1-11-5-14-20(13(8-19(30)29-14)12-6-17(35-4)23-18(7-12)36-10-37-23)25(31)27(11)26(32)21-15(33-2)9-16(34-3)22(28)24(21)38-27/h6-7,9,11,13H,5,8,10H2,1-4H3,(H,29,30)/t11-,13-,27+/m1/s1. The number of ketones is 2. The number of hydrogen-bond donors (Lipinski definition) is 1. The zero-order valence-electron chi connectivity index (χ0n) is 21.1. The highest BCUT2D eigenvalue weighted by atomic mass is 35.5. The first-order valence-corrected chi connectivity index (χ1v) is 12.4. The Labute approximate surface area is 222 Å². The van der Waals surface area contributed by atoms with Crippen molar-refractivity contribution >= 4 is 29.1 Å². The van der Waals surface area contributed by atoms with E-state index < -0.39 is 29.0 Å². The number of carbonyl (C=O) groups excluding carboxylic acids is 3. The highest BCUT2D eigenvalue weighted by Crippen LogP contribution is 2.56. The summed E-state index contributed by atoms with van der Waals surface area (Å²) in [5, 5.41) is 2.92. The Morgan fingerprint density at radius 1 is 0.921 bits per heavy atom. The van der Waals surface area contributed by atoms with Crippen molar-refractivity contribution < 1.29 is 42.8 Å². The van der Waals surface area contributed by atoms with Gasteiger partial charge in [-0.05, 0) is 24.1 Å². The number of fused-ring (bicyclic) bond motifs is 2. The van der Waals surface area contributed by atoms with Gasteiger partial charge in [-0.2, -0.15) is 0 Å². The molecule has 0 fully saturated rings. The highest BCUT2D eigenvalue weighted by molar-refractivity contribution is 6.36. The topological polar surface area (TPSA) is 119 Å². The van der Waals surface area contributed by atoms with Crippen LogP contribution in [0.2, 0.25) is 5.02 Å². The third-order valence-corrected chi connectivity index (χ3v) is 8.00. The van der Waals surface area contributed by atoms with Crippen LogP contribution in [-0.4, -0.2) is 51.2 Å². The summed E-state index contributed by atoms with van der Waals surface area (Å²) in [5.41, 5.74) is -0.415. The van der Waals surface area contributed by atoms with Crippen molar-refractivity contribution in [2.24, 2.45) is 5.92 Å². The first-order chi connectivity index (χ1) is 18.2. The van der Waals surface area contributed by atoms with E-state index in [9.17, 15) is 14.4 Å². The normalized spacial score (nSPS) is 25.1. The molecule has 3 heterocycles. The number of halogens is 1. The fourth-order valence-electron chi connectivity index (χ4n) is 5.83. The lowest BCUT2D eigenvalue weighted by Crippen LogP contribution is -2.59. The average Bonchev–Trinajstić information content (AvgIpc) is 3.50. The van der Waals surface area contributed by atoms with Crippen molar-refractivity contribution in [1.82, 2.24) is 5.32 Å². The van der Waals surface area contributed by atoms with Gasteiger partial charge in [-0.3, -0.25) is 14.4 Å². The van der Waals surface area contributed by atoms with Crippen molar-refractivity contribution in [3.8, 4) is 34.5 Å². The quantitative estimate of drug-likeness (QED) is 0.579. The number of amides is 1. The van der Waals surface area contributed by atoms with Crippen LogP contribution in [-0.2, 0) is 9.59 Å². The molecule has 2 aromatic rings. The van der Waals surface area contributed by atoms with Crippen LogP contribution in [0.15, 0.2) is 29.5 Å². The molecule has 3 atom stereocenters. The van der Waals surface area contributed by atoms with E-state index >= 15 is 0 Å². The largest absolute Gasteiger partial charge is 0.496 e. The summed E-state index contributed by atoms with van der Waals surface area (Å²) in [5.74, 6) is -0.820. The molecule has 3 aliphatic heterocycles. The first kappa shape index (κ1) is 24.4. The fraction of sp³-hybridized carbons (Fsp3) is 0.370. The third kappa shape index (κ3) is 3.16. The molecular weight excluding hydrogens is 518 g/mol. The molecule has 0 saturated heterocycles. The summed E-state index contributed by atoms with van der Waals surface area (Å²) >= 11 is 6.54. The van der Waals surface area contributed by atoms with Gasteiger partial charge in [-0.1, -0.05) is 18.5 Å². The second-order valence-electron chi connectivity index (χ2n) is 9.55. The summed E-state index contributed by atoms with van der Waals surface area (Å²) in [6.45, 7) is 1.77. The molecule has 0 unspecified atom stereocenters. The van der Waals surface area contributed by atoms with Crippen LogP contribution in [0.3, 0.4) is 0 Å². The number of Topliss-reactive ketones (excluding diaryl/α,β-unsaturated/α-hetero) is 2. The molecule has 1 N–H and O–H groups in total. The molecule has 38 heavy (non-hydrogen) atoms. The Hall–Kier alpha value is -3.92. The number of rotatable bonds is 4. The lowest BCUT2D eigenvalue weighted by molar-refractivity contribution is -0.131. The molecule has 4 aliphatic rings. The maximum Gasteiger partial charge on any atom is 0.236 e. The number of ether oxygens (including phenoxy) is 6. The van der Waals surface area contributed by atoms with Gasteiger partial charge in [-0.25, -0.2) is 0 Å². The van der Waals surface area contributed by atoms with E-state index in [1.54, 1.807) is 19.1 Å². The van der Waals surface area contributed by atoms with Crippen molar-refractivity contribution in [2.45, 2.75) is 31.3 Å². The van der Waals surface area contributed by atoms with Crippen molar-refractivity contribution in [2.75, 3.05) is 28.1 Å². The van der Waals surface area contributed by atoms with Crippen molar-refractivity contribution in [3.05, 3.63) is 45.6 Å². The van der Waals surface area contributed by atoms with E-state index in [0.717, 1.165) is 0 Å². The second kappa shape index (κ2) is 8.56. The molecule has 11 heteroatoms. The molecule has 1 amide bonds. The molecule has 2 aromatic carbocycles. The molecule has 10 nitrogen and oxygen atoms in total. The summed E-state index contributed by atoms with van der Waals surface area (Å²) in [4.78, 5) is 41.3. The Bertz CT molecular complexity index is 1470. The molecule has 0 saturated carbocycles. The molecule has 0 bridgehead atoms. The minimum Gasteiger partial charge on any atom is -0.496 e. The van der Waals surface area contributed by atoms with Gasteiger partial charge in [0, 0.05) is 35.6 Å². The zero-order chi connectivity index (χ0) is 26.9. The van der Waals surface area contributed by atoms with Gasteiger partial charge >= 0.3 is 0 Å². The van der Waals surface area contributed by atoms with Crippen LogP contribution >= 0.6 is 11.6 Å².